The standard InChI is InChI=1S/C25H28N4O2/c1-4-20-9-11-21(12-10-20)24-22(17-29(26-24)23-8-6-5-7-18(23)2)25(31)28-15-13-27(14-16-28)19(3)30/h5-12,17H,4,13-16H2,1-3H3. The minimum Gasteiger partial charge on any atom is -0.339 e. The minimum atomic E-state index is -0.0439. The van der Waals surface area contributed by atoms with E-state index < -0.39 is 0 Å². The number of amides is 2. The molecule has 160 valence electrons. The second kappa shape index (κ2) is 8.76. The Kier molecular flexibility index (Phi) is 5.89. The van der Waals surface area contributed by atoms with Crippen LogP contribution < -0.4 is 0 Å². The first-order chi connectivity index (χ1) is 15.0. The fourth-order valence-corrected chi connectivity index (χ4v) is 3.98. The maximum absolute atomic E-state index is 13.5. The first kappa shape index (κ1) is 20.8. The highest BCUT2D eigenvalue weighted by Crippen LogP contribution is 2.27. The van der Waals surface area contributed by atoms with Gasteiger partial charge in [0.1, 0.15) is 5.69 Å². The second-order valence-electron chi connectivity index (χ2n) is 7.97. The molecule has 2 amide bonds. The Labute approximate surface area is 183 Å². The number of aryl methyl sites for hydroxylation is 2. The SMILES string of the molecule is CCc1ccc(-c2nn(-c3ccccc3C)cc2C(=O)N2CCN(C(C)=O)CC2)cc1. The zero-order chi connectivity index (χ0) is 22.0. The summed E-state index contributed by atoms with van der Waals surface area (Å²) in [4.78, 5) is 28.7. The number of piperazine rings is 1. The summed E-state index contributed by atoms with van der Waals surface area (Å²) in [6, 6.07) is 16.3. The van der Waals surface area contributed by atoms with Gasteiger partial charge in [0.25, 0.3) is 5.91 Å². The van der Waals surface area contributed by atoms with Crippen molar-refractivity contribution >= 4 is 11.8 Å². The summed E-state index contributed by atoms with van der Waals surface area (Å²) >= 11 is 0. The quantitative estimate of drug-likeness (QED) is 0.651. The lowest BCUT2D eigenvalue weighted by atomic mass is 10.0. The zero-order valence-corrected chi connectivity index (χ0v) is 18.3. The molecule has 0 aliphatic carbocycles. The van der Waals surface area contributed by atoms with E-state index in [1.165, 1.54) is 5.56 Å². The Balaban J connectivity index is 1.72. The zero-order valence-electron chi connectivity index (χ0n) is 18.3. The molecule has 0 atom stereocenters. The molecule has 3 aromatic rings. The van der Waals surface area contributed by atoms with Crippen molar-refractivity contribution in [1.82, 2.24) is 19.6 Å². The molecule has 0 N–H and O–H groups in total. The van der Waals surface area contributed by atoms with E-state index in [2.05, 4.69) is 19.1 Å². The molecular formula is C25H28N4O2. The van der Waals surface area contributed by atoms with Crippen LogP contribution in [0.2, 0.25) is 0 Å². The molecule has 0 unspecified atom stereocenters. The molecule has 0 radical (unpaired) electrons. The average Bonchev–Trinajstić information content (AvgIpc) is 3.24. The Hall–Kier alpha value is -3.41. The smallest absolute Gasteiger partial charge is 0.257 e. The van der Waals surface area contributed by atoms with Crippen LogP contribution in [0.3, 0.4) is 0 Å². The number of rotatable bonds is 4. The fraction of sp³-hybridized carbons (Fsp3) is 0.320. The lowest BCUT2D eigenvalue weighted by molar-refractivity contribution is -0.130. The maximum Gasteiger partial charge on any atom is 0.257 e. The third-order valence-electron chi connectivity index (χ3n) is 5.95. The van der Waals surface area contributed by atoms with Crippen LogP contribution in [0, 0.1) is 6.92 Å². The van der Waals surface area contributed by atoms with Crippen molar-refractivity contribution in [3.63, 3.8) is 0 Å². The summed E-state index contributed by atoms with van der Waals surface area (Å²) in [6.07, 6.45) is 2.80. The summed E-state index contributed by atoms with van der Waals surface area (Å²) in [5, 5.41) is 4.83. The normalized spacial score (nSPS) is 14.0. The lowest BCUT2D eigenvalue weighted by Gasteiger charge is -2.34. The number of benzene rings is 2. The molecule has 0 saturated carbocycles. The van der Waals surface area contributed by atoms with Crippen LogP contribution in [0.25, 0.3) is 16.9 Å². The van der Waals surface area contributed by atoms with E-state index >= 15 is 0 Å². The number of carbonyl (C=O) groups excluding carboxylic acids is 2. The molecule has 2 aromatic carbocycles. The molecule has 2 heterocycles. The molecular weight excluding hydrogens is 388 g/mol. The molecule has 0 spiro atoms. The Bertz CT molecular complexity index is 1090. The van der Waals surface area contributed by atoms with E-state index in [0.29, 0.717) is 37.4 Å². The number of para-hydroxylation sites is 1. The molecule has 4 rings (SSSR count). The van der Waals surface area contributed by atoms with Gasteiger partial charge < -0.3 is 9.80 Å². The molecule has 1 fully saturated rings. The lowest BCUT2D eigenvalue weighted by Crippen LogP contribution is -2.50. The Morgan fingerprint density at radius 2 is 1.58 bits per heavy atom. The van der Waals surface area contributed by atoms with Crippen LogP contribution in [0.5, 0.6) is 0 Å². The molecule has 1 aliphatic rings. The minimum absolute atomic E-state index is 0.0439. The van der Waals surface area contributed by atoms with Crippen molar-refractivity contribution in [3.8, 4) is 16.9 Å². The van der Waals surface area contributed by atoms with Crippen LogP contribution >= 0.6 is 0 Å². The van der Waals surface area contributed by atoms with Gasteiger partial charge >= 0.3 is 0 Å². The predicted octanol–water partition coefficient (Wildman–Crippen LogP) is 3.71. The molecule has 31 heavy (non-hydrogen) atoms. The highest BCUT2D eigenvalue weighted by molar-refractivity contribution is 6.00. The van der Waals surface area contributed by atoms with Gasteiger partial charge in [-0.25, -0.2) is 4.68 Å². The number of nitrogens with zero attached hydrogens (tertiary/aromatic N) is 4. The fourth-order valence-electron chi connectivity index (χ4n) is 3.98. The van der Waals surface area contributed by atoms with Crippen molar-refractivity contribution in [2.75, 3.05) is 26.2 Å². The van der Waals surface area contributed by atoms with Crippen molar-refractivity contribution in [2.24, 2.45) is 0 Å². The largest absolute Gasteiger partial charge is 0.339 e. The average molecular weight is 417 g/mol. The van der Waals surface area contributed by atoms with Crippen LogP contribution in [0.15, 0.2) is 54.7 Å². The highest BCUT2D eigenvalue weighted by Gasteiger charge is 2.27. The summed E-state index contributed by atoms with van der Waals surface area (Å²) in [6.45, 7) is 7.92. The van der Waals surface area contributed by atoms with Gasteiger partial charge in [-0.15, -0.1) is 0 Å². The molecule has 6 heteroatoms. The first-order valence-electron chi connectivity index (χ1n) is 10.8. The topological polar surface area (TPSA) is 58.4 Å². The summed E-state index contributed by atoms with van der Waals surface area (Å²) in [5.41, 5.74) is 5.49. The van der Waals surface area contributed by atoms with E-state index in [-0.39, 0.29) is 11.8 Å². The van der Waals surface area contributed by atoms with Gasteiger partial charge in [-0.3, -0.25) is 9.59 Å². The van der Waals surface area contributed by atoms with Crippen LogP contribution in [0.1, 0.15) is 35.3 Å². The van der Waals surface area contributed by atoms with Gasteiger partial charge in [0.05, 0.1) is 11.3 Å². The van der Waals surface area contributed by atoms with Crippen molar-refractivity contribution in [1.29, 1.82) is 0 Å². The van der Waals surface area contributed by atoms with Crippen molar-refractivity contribution < 1.29 is 9.59 Å². The molecule has 1 aromatic heterocycles. The number of hydrogen-bond acceptors (Lipinski definition) is 3. The Morgan fingerprint density at radius 1 is 0.935 bits per heavy atom. The highest BCUT2D eigenvalue weighted by atomic mass is 16.2. The van der Waals surface area contributed by atoms with Crippen LogP contribution in [-0.2, 0) is 11.2 Å². The van der Waals surface area contributed by atoms with Crippen LogP contribution in [-0.4, -0.2) is 57.6 Å². The Morgan fingerprint density at radius 3 is 2.19 bits per heavy atom. The number of carbonyl (C=O) groups is 2. The predicted molar refractivity (Wildman–Crippen MR) is 121 cm³/mol. The van der Waals surface area contributed by atoms with Gasteiger partial charge in [-0.2, -0.15) is 5.10 Å². The van der Waals surface area contributed by atoms with Gasteiger partial charge in [0, 0.05) is 44.9 Å². The number of hydrogen-bond donors (Lipinski definition) is 0. The van der Waals surface area contributed by atoms with Gasteiger partial charge in [0.15, 0.2) is 0 Å². The third-order valence-corrected chi connectivity index (χ3v) is 5.95. The molecule has 6 nitrogen and oxygen atoms in total. The van der Waals surface area contributed by atoms with E-state index in [1.807, 2.05) is 54.4 Å². The monoisotopic (exact) mass is 416 g/mol. The summed E-state index contributed by atoms with van der Waals surface area (Å²) in [7, 11) is 0. The van der Waals surface area contributed by atoms with E-state index in [0.717, 1.165) is 23.2 Å². The van der Waals surface area contributed by atoms with Crippen molar-refractivity contribution in [3.05, 3.63) is 71.4 Å². The molecule has 0 bridgehead atoms. The molecule has 1 saturated heterocycles. The van der Waals surface area contributed by atoms with E-state index in [9.17, 15) is 9.59 Å². The third kappa shape index (κ3) is 4.24. The van der Waals surface area contributed by atoms with Gasteiger partial charge in [-0.1, -0.05) is 49.4 Å². The van der Waals surface area contributed by atoms with Crippen LogP contribution in [0.4, 0.5) is 0 Å². The number of aromatic nitrogens is 2. The first-order valence-corrected chi connectivity index (χ1v) is 10.8. The van der Waals surface area contributed by atoms with E-state index in [4.69, 9.17) is 5.10 Å². The van der Waals surface area contributed by atoms with Gasteiger partial charge in [-0.05, 0) is 30.5 Å². The van der Waals surface area contributed by atoms with Gasteiger partial charge in [0.2, 0.25) is 5.91 Å². The van der Waals surface area contributed by atoms with E-state index in [1.54, 1.807) is 16.5 Å². The maximum atomic E-state index is 13.5. The second-order valence-corrected chi connectivity index (χ2v) is 7.97. The van der Waals surface area contributed by atoms with Crippen molar-refractivity contribution in [2.45, 2.75) is 27.2 Å². The molecule has 1 aliphatic heterocycles. The summed E-state index contributed by atoms with van der Waals surface area (Å²) in [5.74, 6) is 0.00813. The summed E-state index contributed by atoms with van der Waals surface area (Å²) < 4.78 is 1.80.